The molecule has 2 aliphatic rings. The normalized spacial score (nSPS) is 19.6. The van der Waals surface area contributed by atoms with E-state index in [4.69, 9.17) is 9.26 Å². The van der Waals surface area contributed by atoms with E-state index in [-0.39, 0.29) is 5.41 Å². The Hall–Kier alpha value is -2.54. The van der Waals surface area contributed by atoms with Crippen molar-refractivity contribution in [1.82, 2.24) is 20.3 Å². The molecule has 4 rings (SSSR count). The molecule has 31 heavy (non-hydrogen) atoms. The van der Waals surface area contributed by atoms with Crippen LogP contribution in [0.1, 0.15) is 42.7 Å². The average molecular weight is 426 g/mol. The smallest absolute Gasteiger partial charge is 0.193 e. The lowest BCUT2D eigenvalue weighted by atomic mass is 9.78. The Morgan fingerprint density at radius 1 is 1.19 bits per heavy atom. The quantitative estimate of drug-likeness (QED) is 0.566. The number of nitrogens with zero attached hydrogens (tertiary/aromatic N) is 4. The predicted molar refractivity (Wildman–Crippen MR) is 123 cm³/mol. The van der Waals surface area contributed by atoms with Gasteiger partial charge in [-0.2, -0.15) is 0 Å². The van der Waals surface area contributed by atoms with Crippen molar-refractivity contribution >= 4 is 5.96 Å². The van der Waals surface area contributed by atoms with E-state index < -0.39 is 0 Å². The molecule has 1 saturated carbocycles. The molecule has 1 aromatic heterocycles. The number of benzene rings is 1. The molecule has 1 N–H and O–H groups in total. The van der Waals surface area contributed by atoms with Crippen molar-refractivity contribution in [3.05, 3.63) is 47.3 Å². The van der Waals surface area contributed by atoms with E-state index in [9.17, 15) is 0 Å². The third-order valence-corrected chi connectivity index (χ3v) is 6.77. The van der Waals surface area contributed by atoms with Crippen molar-refractivity contribution in [3.63, 3.8) is 0 Å². The van der Waals surface area contributed by atoms with Gasteiger partial charge in [0.25, 0.3) is 0 Å². The summed E-state index contributed by atoms with van der Waals surface area (Å²) < 4.78 is 10.7. The first-order valence-corrected chi connectivity index (χ1v) is 11.4. The molecule has 1 aliphatic heterocycles. The zero-order chi connectivity index (χ0) is 21.7. The zero-order valence-corrected chi connectivity index (χ0v) is 19.1. The number of hydrogen-bond acceptors (Lipinski definition) is 5. The molecule has 0 bridgehead atoms. The molecule has 2 aromatic rings. The van der Waals surface area contributed by atoms with Gasteiger partial charge in [-0.05, 0) is 37.5 Å². The standard InChI is InChI=1S/C24H35N5O2/c1-19-15-21(27-31-19)17-28-11-13-29(14-12-28)23(25-2)26-18-24(9-4-5-10-24)20-7-6-8-22(16-20)30-3/h6-8,15-16H,4-5,9-14,17-18H2,1-3H3,(H,25,26). The van der Waals surface area contributed by atoms with E-state index in [0.717, 1.165) is 62.4 Å². The molecular weight excluding hydrogens is 390 g/mol. The molecular formula is C24H35N5O2. The highest BCUT2D eigenvalue weighted by Crippen LogP contribution is 2.41. The molecule has 0 spiro atoms. The molecule has 0 atom stereocenters. The number of aromatic nitrogens is 1. The largest absolute Gasteiger partial charge is 0.497 e. The van der Waals surface area contributed by atoms with Gasteiger partial charge in [-0.15, -0.1) is 0 Å². The molecule has 1 aromatic carbocycles. The van der Waals surface area contributed by atoms with Gasteiger partial charge in [0.15, 0.2) is 5.96 Å². The van der Waals surface area contributed by atoms with Crippen LogP contribution in [0.25, 0.3) is 0 Å². The molecule has 2 heterocycles. The number of nitrogens with one attached hydrogen (secondary N) is 1. The number of hydrogen-bond donors (Lipinski definition) is 1. The van der Waals surface area contributed by atoms with Crippen LogP contribution in [0.3, 0.4) is 0 Å². The van der Waals surface area contributed by atoms with Gasteiger partial charge in [-0.3, -0.25) is 9.89 Å². The topological polar surface area (TPSA) is 66.1 Å². The lowest BCUT2D eigenvalue weighted by Crippen LogP contribution is -2.53. The second kappa shape index (κ2) is 9.73. The van der Waals surface area contributed by atoms with Crippen molar-refractivity contribution in [2.45, 2.75) is 44.6 Å². The zero-order valence-electron chi connectivity index (χ0n) is 19.1. The number of rotatable bonds is 6. The van der Waals surface area contributed by atoms with Gasteiger partial charge >= 0.3 is 0 Å². The Kier molecular flexibility index (Phi) is 6.80. The third-order valence-electron chi connectivity index (χ3n) is 6.77. The third kappa shape index (κ3) is 5.03. The van der Waals surface area contributed by atoms with Crippen molar-refractivity contribution in [2.75, 3.05) is 46.9 Å². The Balaban J connectivity index is 1.35. The maximum Gasteiger partial charge on any atom is 0.193 e. The van der Waals surface area contributed by atoms with Crippen LogP contribution < -0.4 is 10.1 Å². The summed E-state index contributed by atoms with van der Waals surface area (Å²) in [5, 5.41) is 7.84. The first kappa shape index (κ1) is 21.7. The second-order valence-electron chi connectivity index (χ2n) is 8.81. The van der Waals surface area contributed by atoms with Crippen LogP contribution in [0, 0.1) is 6.92 Å². The summed E-state index contributed by atoms with van der Waals surface area (Å²) in [7, 11) is 3.63. The lowest BCUT2D eigenvalue weighted by Gasteiger charge is -2.38. The van der Waals surface area contributed by atoms with Crippen LogP contribution >= 0.6 is 0 Å². The fourth-order valence-electron chi connectivity index (χ4n) is 4.99. The van der Waals surface area contributed by atoms with Crippen molar-refractivity contribution in [3.8, 4) is 5.75 Å². The van der Waals surface area contributed by atoms with E-state index in [1.54, 1.807) is 7.11 Å². The number of ether oxygens (including phenoxy) is 1. The summed E-state index contributed by atoms with van der Waals surface area (Å²) in [6.07, 6.45) is 4.96. The Morgan fingerprint density at radius 3 is 2.61 bits per heavy atom. The molecule has 7 nitrogen and oxygen atoms in total. The van der Waals surface area contributed by atoms with Gasteiger partial charge in [0.2, 0.25) is 0 Å². The van der Waals surface area contributed by atoms with Gasteiger partial charge < -0.3 is 19.5 Å². The average Bonchev–Trinajstić information content (AvgIpc) is 3.45. The van der Waals surface area contributed by atoms with Crippen LogP contribution in [-0.2, 0) is 12.0 Å². The summed E-state index contributed by atoms with van der Waals surface area (Å²) >= 11 is 0. The van der Waals surface area contributed by atoms with Gasteiger partial charge in [0.1, 0.15) is 11.5 Å². The number of piperazine rings is 1. The van der Waals surface area contributed by atoms with E-state index >= 15 is 0 Å². The highest BCUT2D eigenvalue weighted by atomic mass is 16.5. The highest BCUT2D eigenvalue weighted by molar-refractivity contribution is 5.80. The van der Waals surface area contributed by atoms with Crippen LogP contribution in [0.4, 0.5) is 0 Å². The minimum atomic E-state index is 0.150. The molecule has 2 fully saturated rings. The Bertz CT molecular complexity index is 880. The van der Waals surface area contributed by atoms with E-state index in [1.165, 1.54) is 31.2 Å². The Morgan fingerprint density at radius 2 is 1.97 bits per heavy atom. The first-order chi connectivity index (χ1) is 15.1. The number of aliphatic imine (C=N–C) groups is 1. The van der Waals surface area contributed by atoms with Crippen LogP contribution in [-0.4, -0.2) is 67.8 Å². The number of methoxy groups -OCH3 is 1. The molecule has 1 aliphatic carbocycles. The monoisotopic (exact) mass is 425 g/mol. The molecule has 0 unspecified atom stereocenters. The molecule has 0 radical (unpaired) electrons. The Labute approximate surface area is 185 Å². The molecule has 7 heteroatoms. The van der Waals surface area contributed by atoms with Crippen LogP contribution in [0.2, 0.25) is 0 Å². The van der Waals surface area contributed by atoms with E-state index in [2.05, 4.69) is 43.5 Å². The maximum absolute atomic E-state index is 5.49. The van der Waals surface area contributed by atoms with Crippen molar-refractivity contribution in [1.29, 1.82) is 0 Å². The summed E-state index contributed by atoms with van der Waals surface area (Å²) in [5.41, 5.74) is 2.53. The predicted octanol–water partition coefficient (Wildman–Crippen LogP) is 3.20. The highest BCUT2D eigenvalue weighted by Gasteiger charge is 2.36. The van der Waals surface area contributed by atoms with E-state index in [0.29, 0.717) is 0 Å². The molecule has 1 saturated heterocycles. The van der Waals surface area contributed by atoms with Gasteiger partial charge in [0.05, 0.1) is 12.8 Å². The summed E-state index contributed by atoms with van der Waals surface area (Å²) in [4.78, 5) is 9.40. The molecule has 168 valence electrons. The fourth-order valence-corrected chi connectivity index (χ4v) is 4.99. The number of aryl methyl sites for hydroxylation is 1. The fraction of sp³-hybridized carbons (Fsp3) is 0.583. The SMILES string of the molecule is CN=C(NCC1(c2cccc(OC)c2)CCCC1)N1CCN(Cc2cc(C)on2)CC1. The van der Waals surface area contributed by atoms with Crippen molar-refractivity contribution < 1.29 is 9.26 Å². The minimum absolute atomic E-state index is 0.150. The second-order valence-corrected chi connectivity index (χ2v) is 8.81. The first-order valence-electron chi connectivity index (χ1n) is 11.4. The van der Waals surface area contributed by atoms with Gasteiger partial charge in [-0.25, -0.2) is 0 Å². The summed E-state index contributed by atoms with van der Waals surface area (Å²) in [6.45, 7) is 7.60. The molecule has 0 amide bonds. The van der Waals surface area contributed by atoms with Gasteiger partial charge in [-0.1, -0.05) is 30.1 Å². The van der Waals surface area contributed by atoms with Gasteiger partial charge in [0, 0.05) is 57.8 Å². The summed E-state index contributed by atoms with van der Waals surface area (Å²) in [5.74, 6) is 2.81. The minimum Gasteiger partial charge on any atom is -0.497 e. The lowest BCUT2D eigenvalue weighted by molar-refractivity contribution is 0.168. The summed E-state index contributed by atoms with van der Waals surface area (Å²) in [6, 6.07) is 10.6. The van der Waals surface area contributed by atoms with Crippen molar-refractivity contribution in [2.24, 2.45) is 4.99 Å². The van der Waals surface area contributed by atoms with Crippen LogP contribution in [0.15, 0.2) is 39.8 Å². The van der Waals surface area contributed by atoms with E-state index in [1.807, 2.05) is 26.1 Å². The number of guanidine groups is 1. The van der Waals surface area contributed by atoms with Crippen LogP contribution in [0.5, 0.6) is 5.75 Å². The maximum atomic E-state index is 5.49.